The third kappa shape index (κ3) is 4.45. The summed E-state index contributed by atoms with van der Waals surface area (Å²) in [6.07, 6.45) is -3.33. The van der Waals surface area contributed by atoms with E-state index in [9.17, 15) is 22.4 Å². The number of aromatic nitrogens is 4. The van der Waals surface area contributed by atoms with Crippen LogP contribution in [-0.4, -0.2) is 25.5 Å². The minimum atomic E-state index is -3.17. The molecule has 0 spiro atoms. The molecule has 166 valence electrons. The number of anilines is 1. The maximum atomic E-state index is 13.2. The van der Waals surface area contributed by atoms with Crippen LogP contribution < -0.4 is 5.32 Å². The summed E-state index contributed by atoms with van der Waals surface area (Å²) in [7, 11) is 0. The zero-order valence-electron chi connectivity index (χ0n) is 16.4. The zero-order valence-corrected chi connectivity index (χ0v) is 17.1. The molecule has 0 aliphatic heterocycles. The van der Waals surface area contributed by atoms with Gasteiger partial charge in [0.05, 0.1) is 23.5 Å². The molecule has 0 radical (unpaired) electrons. The van der Waals surface area contributed by atoms with Gasteiger partial charge in [0.2, 0.25) is 5.91 Å². The van der Waals surface area contributed by atoms with Crippen molar-refractivity contribution in [2.75, 3.05) is 5.32 Å². The quantitative estimate of drug-likeness (QED) is 0.369. The van der Waals surface area contributed by atoms with Gasteiger partial charge in [0, 0.05) is 6.20 Å². The molecule has 2 aromatic carbocycles. The van der Waals surface area contributed by atoms with Crippen molar-refractivity contribution < 1.29 is 22.4 Å². The number of nitrogens with one attached hydrogen (secondary N) is 1. The van der Waals surface area contributed by atoms with Crippen LogP contribution in [0.25, 0.3) is 10.8 Å². The van der Waals surface area contributed by atoms with Gasteiger partial charge in [0.25, 0.3) is 12.9 Å². The minimum Gasteiger partial charge on any atom is -0.322 e. The third-order valence-corrected chi connectivity index (χ3v) is 5.18. The molecule has 11 heteroatoms. The van der Waals surface area contributed by atoms with E-state index in [2.05, 4.69) is 15.5 Å². The second kappa shape index (κ2) is 8.99. The van der Waals surface area contributed by atoms with E-state index >= 15 is 0 Å². The summed E-state index contributed by atoms with van der Waals surface area (Å²) in [5.41, 5.74) is -0.570. The van der Waals surface area contributed by atoms with Crippen molar-refractivity contribution >= 4 is 34.0 Å². The van der Waals surface area contributed by atoms with Crippen molar-refractivity contribution in [1.82, 2.24) is 19.6 Å². The van der Waals surface area contributed by atoms with E-state index in [0.29, 0.717) is 16.9 Å². The first-order valence-corrected chi connectivity index (χ1v) is 9.82. The molecule has 0 bridgehead atoms. The fourth-order valence-electron chi connectivity index (χ4n) is 3.40. The van der Waals surface area contributed by atoms with Crippen LogP contribution in [0, 0.1) is 0 Å². The molecule has 0 saturated heterocycles. The number of halogens is 5. The molecule has 0 aliphatic carbocycles. The van der Waals surface area contributed by atoms with Crippen LogP contribution in [0.5, 0.6) is 0 Å². The lowest BCUT2D eigenvalue weighted by molar-refractivity contribution is -0.117. The lowest BCUT2D eigenvalue weighted by atomic mass is 10.0. The van der Waals surface area contributed by atoms with Gasteiger partial charge < -0.3 is 5.32 Å². The lowest BCUT2D eigenvalue weighted by Crippen LogP contribution is -2.21. The van der Waals surface area contributed by atoms with Crippen molar-refractivity contribution in [3.63, 3.8) is 0 Å². The third-order valence-electron chi connectivity index (χ3n) is 4.79. The second-order valence-electron chi connectivity index (χ2n) is 6.96. The fraction of sp³-hybridized carbons (Fsp3) is 0.190. The number of amides is 1. The summed E-state index contributed by atoms with van der Waals surface area (Å²) in [5, 5.41) is 11.4. The largest absolute Gasteiger partial charge is 0.322 e. The molecule has 2 heterocycles. The molecule has 0 fully saturated rings. The van der Waals surface area contributed by atoms with Crippen molar-refractivity contribution in [3.05, 3.63) is 76.8 Å². The van der Waals surface area contributed by atoms with Crippen LogP contribution in [0.15, 0.2) is 54.9 Å². The highest BCUT2D eigenvalue weighted by molar-refractivity contribution is 6.32. The second-order valence-corrected chi connectivity index (χ2v) is 7.33. The molecule has 0 aliphatic rings. The molecular weight excluding hydrogens is 450 g/mol. The average Bonchev–Trinajstić information content (AvgIpc) is 3.31. The Hall–Kier alpha value is -3.40. The number of benzene rings is 2. The van der Waals surface area contributed by atoms with E-state index in [1.807, 2.05) is 42.5 Å². The van der Waals surface area contributed by atoms with Crippen molar-refractivity contribution in [3.8, 4) is 0 Å². The van der Waals surface area contributed by atoms with Crippen LogP contribution in [0.1, 0.15) is 29.8 Å². The Labute approximate surface area is 184 Å². The monoisotopic (exact) mass is 465 g/mol. The molecule has 1 N–H and O–H groups in total. The van der Waals surface area contributed by atoms with Crippen LogP contribution in [0.4, 0.5) is 23.2 Å². The Morgan fingerprint density at radius 3 is 2.56 bits per heavy atom. The number of carbonyl (C=O) groups is 1. The molecule has 0 atom stereocenters. The number of carbonyl (C=O) groups excluding carboxylic acids is 1. The van der Waals surface area contributed by atoms with Gasteiger partial charge in [-0.1, -0.05) is 54.1 Å². The first kappa shape index (κ1) is 21.8. The summed E-state index contributed by atoms with van der Waals surface area (Å²) in [5.74, 6) is -0.739. The Morgan fingerprint density at radius 1 is 1.06 bits per heavy atom. The number of rotatable bonds is 7. The SMILES string of the molecule is O=C(Cn1nc(C(F)F)c(Cl)c1C(F)F)Nc1cnn(Cc2cccc3ccccc23)c1. The summed E-state index contributed by atoms with van der Waals surface area (Å²) in [6.45, 7) is -0.264. The summed E-state index contributed by atoms with van der Waals surface area (Å²) < 4.78 is 54.4. The number of nitrogens with zero attached hydrogens (tertiary/aromatic N) is 4. The van der Waals surface area contributed by atoms with Crippen LogP contribution in [0.2, 0.25) is 5.02 Å². The lowest BCUT2D eigenvalue weighted by Gasteiger charge is -2.07. The molecule has 2 aromatic heterocycles. The fourth-order valence-corrected chi connectivity index (χ4v) is 3.70. The van der Waals surface area contributed by atoms with E-state index in [4.69, 9.17) is 11.6 Å². The maximum Gasteiger partial charge on any atom is 0.283 e. The number of fused-ring (bicyclic) bond motifs is 1. The highest BCUT2D eigenvalue weighted by atomic mass is 35.5. The smallest absolute Gasteiger partial charge is 0.283 e. The van der Waals surface area contributed by atoms with Crippen molar-refractivity contribution in [2.24, 2.45) is 0 Å². The first-order valence-electron chi connectivity index (χ1n) is 9.45. The van der Waals surface area contributed by atoms with E-state index in [1.165, 1.54) is 6.20 Å². The Kier molecular flexibility index (Phi) is 6.13. The van der Waals surface area contributed by atoms with Gasteiger partial charge >= 0.3 is 0 Å². The van der Waals surface area contributed by atoms with Crippen molar-refractivity contribution in [2.45, 2.75) is 25.9 Å². The van der Waals surface area contributed by atoms with Crippen molar-refractivity contribution in [1.29, 1.82) is 0 Å². The minimum absolute atomic E-state index is 0.321. The van der Waals surface area contributed by atoms with Crippen LogP contribution in [0.3, 0.4) is 0 Å². The first-order chi connectivity index (χ1) is 15.3. The van der Waals surface area contributed by atoms with Gasteiger partial charge in [-0.15, -0.1) is 0 Å². The summed E-state index contributed by atoms with van der Waals surface area (Å²) in [4.78, 5) is 12.3. The standard InChI is InChI=1S/C21H16ClF4N5O/c22-17-18(20(23)24)29-31(19(17)21(25)26)11-16(32)28-14-8-27-30(10-14)9-13-6-3-5-12-4-1-2-7-15(12)13/h1-8,10,20-21H,9,11H2,(H,28,32). The predicted octanol–water partition coefficient (Wildman–Crippen LogP) is 5.45. The molecule has 1 amide bonds. The van der Waals surface area contributed by atoms with Gasteiger partial charge in [0.15, 0.2) is 0 Å². The molecule has 0 unspecified atom stereocenters. The highest BCUT2D eigenvalue weighted by Crippen LogP contribution is 2.34. The van der Waals surface area contributed by atoms with E-state index in [1.54, 1.807) is 10.9 Å². The zero-order chi connectivity index (χ0) is 22.8. The van der Waals surface area contributed by atoms with E-state index < -0.39 is 41.7 Å². The Bertz CT molecular complexity index is 1270. The Balaban J connectivity index is 1.47. The molecule has 0 saturated carbocycles. The molecule has 4 rings (SSSR count). The van der Waals surface area contributed by atoms with Gasteiger partial charge in [-0.05, 0) is 16.3 Å². The number of hydrogen-bond acceptors (Lipinski definition) is 3. The normalized spacial score (nSPS) is 11.6. The molecule has 4 aromatic rings. The Morgan fingerprint density at radius 2 is 1.81 bits per heavy atom. The van der Waals surface area contributed by atoms with Crippen LogP contribution >= 0.6 is 11.6 Å². The molecular formula is C21H16ClF4N5O. The summed E-state index contributed by atoms with van der Waals surface area (Å²) in [6, 6.07) is 13.8. The average molecular weight is 466 g/mol. The highest BCUT2D eigenvalue weighted by Gasteiger charge is 2.28. The topological polar surface area (TPSA) is 64.7 Å². The van der Waals surface area contributed by atoms with Gasteiger partial charge in [-0.25, -0.2) is 17.6 Å². The number of hydrogen-bond donors (Lipinski definition) is 1. The molecule has 32 heavy (non-hydrogen) atoms. The molecule has 6 nitrogen and oxygen atoms in total. The number of alkyl halides is 4. The maximum absolute atomic E-state index is 13.2. The van der Waals surface area contributed by atoms with E-state index in [0.717, 1.165) is 16.3 Å². The van der Waals surface area contributed by atoms with Gasteiger partial charge in [-0.2, -0.15) is 10.2 Å². The van der Waals surface area contributed by atoms with Gasteiger partial charge in [0.1, 0.15) is 17.9 Å². The predicted molar refractivity (Wildman–Crippen MR) is 111 cm³/mol. The van der Waals surface area contributed by atoms with Crippen LogP contribution in [-0.2, 0) is 17.9 Å². The van der Waals surface area contributed by atoms with E-state index in [-0.39, 0.29) is 0 Å². The summed E-state index contributed by atoms with van der Waals surface area (Å²) >= 11 is 5.60. The van der Waals surface area contributed by atoms with Gasteiger partial charge in [-0.3, -0.25) is 14.2 Å².